The van der Waals surface area contributed by atoms with Gasteiger partial charge in [-0.3, -0.25) is 4.72 Å². The molecule has 0 fully saturated rings. The topological polar surface area (TPSA) is 82.8 Å². The van der Waals surface area contributed by atoms with Gasteiger partial charge in [0, 0.05) is 10.7 Å². The molecule has 0 amide bonds. The molecular weight excluding hydrogens is 349 g/mol. The molecule has 0 bridgehead atoms. The maximum absolute atomic E-state index is 13.1. The molecule has 8 heteroatoms. The molecule has 0 saturated carbocycles. The smallest absolute Gasteiger partial charge is 0.263 e. The van der Waals surface area contributed by atoms with Crippen LogP contribution in [0.2, 0.25) is 0 Å². The summed E-state index contributed by atoms with van der Waals surface area (Å²) in [7, 11) is -3.90. The van der Waals surface area contributed by atoms with Crippen molar-refractivity contribution in [3.8, 4) is 6.07 Å². The number of nitrogens with zero attached hydrogens (tertiary/aromatic N) is 2. The Balaban J connectivity index is 2.35. The van der Waals surface area contributed by atoms with Gasteiger partial charge in [-0.25, -0.2) is 17.8 Å². The maximum atomic E-state index is 13.1. The summed E-state index contributed by atoms with van der Waals surface area (Å²) in [6.07, 6.45) is 1.06. The number of hydrogen-bond acceptors (Lipinski definition) is 4. The molecule has 1 aromatic heterocycles. The number of anilines is 1. The van der Waals surface area contributed by atoms with Gasteiger partial charge in [0.1, 0.15) is 22.5 Å². The Labute approximate surface area is 123 Å². The predicted octanol–water partition coefficient (Wildman–Crippen LogP) is 2.66. The van der Waals surface area contributed by atoms with Crippen molar-refractivity contribution in [1.29, 1.82) is 5.26 Å². The molecule has 0 aliphatic heterocycles. The number of halogens is 2. The lowest BCUT2D eigenvalue weighted by Crippen LogP contribution is -2.13. The van der Waals surface area contributed by atoms with E-state index in [-0.39, 0.29) is 16.3 Å². The number of aromatic nitrogens is 1. The van der Waals surface area contributed by atoms with Crippen molar-refractivity contribution in [1.82, 2.24) is 4.98 Å². The van der Waals surface area contributed by atoms with Crippen LogP contribution in [0.5, 0.6) is 0 Å². The summed E-state index contributed by atoms with van der Waals surface area (Å²) in [6.45, 7) is 0. The highest BCUT2D eigenvalue weighted by molar-refractivity contribution is 9.10. The summed E-state index contributed by atoms with van der Waals surface area (Å²) in [5.74, 6) is -0.566. The fourth-order valence-electron chi connectivity index (χ4n) is 1.38. The minimum atomic E-state index is -3.90. The first-order chi connectivity index (χ1) is 9.42. The van der Waals surface area contributed by atoms with E-state index in [2.05, 4.69) is 25.6 Å². The molecule has 0 radical (unpaired) electrons. The van der Waals surface area contributed by atoms with Crippen LogP contribution in [0.4, 0.5) is 10.1 Å². The van der Waals surface area contributed by atoms with Crippen LogP contribution < -0.4 is 4.72 Å². The lowest BCUT2D eigenvalue weighted by molar-refractivity contribution is 0.600. The van der Waals surface area contributed by atoms with E-state index in [4.69, 9.17) is 5.26 Å². The van der Waals surface area contributed by atoms with Gasteiger partial charge < -0.3 is 0 Å². The van der Waals surface area contributed by atoms with Crippen LogP contribution in [-0.4, -0.2) is 13.4 Å². The molecular formula is C12H7BrFN3O2S. The number of nitriles is 1. The van der Waals surface area contributed by atoms with Gasteiger partial charge in [0.15, 0.2) is 0 Å². The normalized spacial score (nSPS) is 10.8. The Hall–Kier alpha value is -1.98. The molecule has 0 atom stereocenters. The largest absolute Gasteiger partial charge is 0.278 e. The van der Waals surface area contributed by atoms with Gasteiger partial charge in [-0.15, -0.1) is 0 Å². The highest BCUT2D eigenvalue weighted by Gasteiger charge is 2.16. The molecule has 0 unspecified atom stereocenters. The molecule has 1 aromatic carbocycles. The predicted molar refractivity (Wildman–Crippen MR) is 73.9 cm³/mol. The summed E-state index contributed by atoms with van der Waals surface area (Å²) in [5.41, 5.74) is 0.185. The molecule has 0 saturated heterocycles. The van der Waals surface area contributed by atoms with Gasteiger partial charge in [0.2, 0.25) is 0 Å². The number of nitrogens with one attached hydrogen (secondary N) is 1. The third-order valence-corrected chi connectivity index (χ3v) is 4.38. The third kappa shape index (κ3) is 3.12. The lowest BCUT2D eigenvalue weighted by Gasteiger charge is -2.09. The van der Waals surface area contributed by atoms with Crippen molar-refractivity contribution in [3.05, 3.63) is 52.5 Å². The van der Waals surface area contributed by atoms with E-state index >= 15 is 0 Å². The van der Waals surface area contributed by atoms with Gasteiger partial charge in [-0.1, -0.05) is 0 Å². The zero-order valence-corrected chi connectivity index (χ0v) is 12.2. The highest BCUT2D eigenvalue weighted by Crippen LogP contribution is 2.25. The summed E-state index contributed by atoms with van der Waals surface area (Å²) >= 11 is 3.13. The van der Waals surface area contributed by atoms with E-state index in [0.29, 0.717) is 4.47 Å². The van der Waals surface area contributed by atoms with Crippen LogP contribution in [0, 0.1) is 17.1 Å². The molecule has 0 aliphatic carbocycles. The zero-order valence-electron chi connectivity index (χ0n) is 9.84. The van der Waals surface area contributed by atoms with Crippen molar-refractivity contribution in [2.45, 2.75) is 4.90 Å². The molecule has 2 rings (SSSR count). The fourth-order valence-corrected chi connectivity index (χ4v) is 2.88. The molecule has 2 aromatic rings. The van der Waals surface area contributed by atoms with E-state index in [1.54, 1.807) is 6.07 Å². The first-order valence-electron chi connectivity index (χ1n) is 5.26. The number of sulfonamides is 1. The number of rotatable bonds is 3. The molecule has 102 valence electrons. The van der Waals surface area contributed by atoms with Crippen LogP contribution in [0.15, 0.2) is 45.9 Å². The monoisotopic (exact) mass is 355 g/mol. The van der Waals surface area contributed by atoms with Crippen molar-refractivity contribution in [3.63, 3.8) is 0 Å². The quantitative estimate of drug-likeness (QED) is 0.917. The van der Waals surface area contributed by atoms with Crippen LogP contribution in [0.3, 0.4) is 0 Å². The summed E-state index contributed by atoms with van der Waals surface area (Å²) in [5, 5.41) is 8.61. The van der Waals surface area contributed by atoms with Crippen LogP contribution in [0.1, 0.15) is 5.69 Å². The maximum Gasteiger partial charge on any atom is 0.263 e. The average molecular weight is 356 g/mol. The highest BCUT2D eigenvalue weighted by atomic mass is 79.9. The third-order valence-electron chi connectivity index (χ3n) is 2.33. The van der Waals surface area contributed by atoms with E-state index in [1.807, 2.05) is 0 Å². The number of pyridine rings is 1. The van der Waals surface area contributed by atoms with Gasteiger partial charge in [0.25, 0.3) is 10.0 Å². The standard InChI is InChI=1S/C12H7BrFN3O2S/c13-11-4-1-8(14)5-12(11)17-20(18,19)10-3-2-9(6-15)16-7-10/h1-5,7,17H. The Bertz CT molecular complexity index is 785. The van der Waals surface area contributed by atoms with Gasteiger partial charge in [-0.2, -0.15) is 5.26 Å². The van der Waals surface area contributed by atoms with Gasteiger partial charge >= 0.3 is 0 Å². The number of benzene rings is 1. The summed E-state index contributed by atoms with van der Waals surface area (Å²) in [6, 6.07) is 7.97. The second-order valence-electron chi connectivity index (χ2n) is 3.72. The minimum absolute atomic E-state index is 0.0781. The minimum Gasteiger partial charge on any atom is -0.278 e. The zero-order chi connectivity index (χ0) is 14.8. The van der Waals surface area contributed by atoms with Gasteiger partial charge in [0.05, 0.1) is 5.69 Å². The van der Waals surface area contributed by atoms with Crippen molar-refractivity contribution >= 4 is 31.6 Å². The SMILES string of the molecule is N#Cc1ccc(S(=O)(=O)Nc2cc(F)ccc2Br)cn1. The molecule has 1 heterocycles. The number of hydrogen-bond donors (Lipinski definition) is 1. The average Bonchev–Trinajstić information content (AvgIpc) is 2.43. The Morgan fingerprint density at radius 2 is 2.05 bits per heavy atom. The second kappa shape index (κ2) is 5.56. The lowest BCUT2D eigenvalue weighted by atomic mass is 10.3. The Kier molecular flexibility index (Phi) is 4.01. The summed E-state index contributed by atoms with van der Waals surface area (Å²) in [4.78, 5) is 3.56. The second-order valence-corrected chi connectivity index (χ2v) is 6.26. The van der Waals surface area contributed by atoms with E-state index in [0.717, 1.165) is 12.3 Å². The van der Waals surface area contributed by atoms with Crippen LogP contribution in [0.25, 0.3) is 0 Å². The Morgan fingerprint density at radius 3 is 2.65 bits per heavy atom. The van der Waals surface area contributed by atoms with Gasteiger partial charge in [-0.05, 0) is 46.3 Å². The molecule has 1 N–H and O–H groups in total. The first-order valence-corrected chi connectivity index (χ1v) is 7.54. The Morgan fingerprint density at radius 1 is 1.30 bits per heavy atom. The molecule has 20 heavy (non-hydrogen) atoms. The van der Waals surface area contributed by atoms with E-state index in [9.17, 15) is 12.8 Å². The first kappa shape index (κ1) is 14.4. The van der Waals surface area contributed by atoms with E-state index in [1.165, 1.54) is 24.3 Å². The van der Waals surface area contributed by atoms with Crippen molar-refractivity contribution in [2.24, 2.45) is 0 Å². The van der Waals surface area contributed by atoms with E-state index < -0.39 is 15.8 Å². The van der Waals surface area contributed by atoms with Crippen LogP contribution >= 0.6 is 15.9 Å². The fraction of sp³-hybridized carbons (Fsp3) is 0. The molecule has 5 nitrogen and oxygen atoms in total. The van der Waals surface area contributed by atoms with Crippen molar-refractivity contribution in [2.75, 3.05) is 4.72 Å². The molecule has 0 spiro atoms. The summed E-state index contributed by atoms with van der Waals surface area (Å²) < 4.78 is 39.9. The van der Waals surface area contributed by atoms with Crippen molar-refractivity contribution < 1.29 is 12.8 Å². The van der Waals surface area contributed by atoms with Crippen LogP contribution in [-0.2, 0) is 10.0 Å². The molecule has 0 aliphatic rings.